The predicted octanol–water partition coefficient (Wildman–Crippen LogP) is 2.44. The van der Waals surface area contributed by atoms with Gasteiger partial charge in [0.15, 0.2) is 0 Å². The van der Waals surface area contributed by atoms with Crippen LogP contribution in [0.25, 0.3) is 0 Å². The zero-order valence-corrected chi connectivity index (χ0v) is 18.4. The van der Waals surface area contributed by atoms with Crippen LogP contribution in [0.4, 0.5) is 0 Å². The van der Waals surface area contributed by atoms with E-state index in [9.17, 15) is 19.2 Å². The molecule has 0 aromatic carbocycles. The van der Waals surface area contributed by atoms with Crippen LogP contribution in [0.15, 0.2) is 0 Å². The number of ether oxygens (including phenoxy) is 2. The van der Waals surface area contributed by atoms with Crippen LogP contribution in [-0.2, 0) is 28.7 Å². The molecule has 8 heteroatoms. The molecule has 2 unspecified atom stereocenters. The lowest BCUT2D eigenvalue weighted by Gasteiger charge is -2.24. The molecule has 2 saturated heterocycles. The summed E-state index contributed by atoms with van der Waals surface area (Å²) >= 11 is 0. The Labute approximate surface area is 179 Å². The van der Waals surface area contributed by atoms with Crippen LogP contribution in [0.1, 0.15) is 78.1 Å². The first-order chi connectivity index (χ1) is 14.5. The minimum Gasteiger partial charge on any atom is -0.464 e. The van der Waals surface area contributed by atoms with Gasteiger partial charge >= 0.3 is 11.9 Å². The predicted molar refractivity (Wildman–Crippen MR) is 110 cm³/mol. The van der Waals surface area contributed by atoms with Crippen LogP contribution in [0.2, 0.25) is 0 Å². The normalized spacial score (nSPS) is 21.0. The Kier molecular flexibility index (Phi) is 10.1. The molecule has 2 heterocycles. The summed E-state index contributed by atoms with van der Waals surface area (Å²) in [5.41, 5.74) is 0. The van der Waals surface area contributed by atoms with Gasteiger partial charge in [0, 0.05) is 25.9 Å². The van der Waals surface area contributed by atoms with E-state index < -0.39 is 12.1 Å². The topological polar surface area (TPSA) is 93.2 Å². The Morgan fingerprint density at radius 2 is 1.13 bits per heavy atom. The van der Waals surface area contributed by atoms with Crippen LogP contribution in [0, 0.1) is 0 Å². The Balaban J connectivity index is 1.72. The summed E-state index contributed by atoms with van der Waals surface area (Å²) < 4.78 is 10.4. The minimum atomic E-state index is -0.467. The molecule has 2 amide bonds. The van der Waals surface area contributed by atoms with Crippen molar-refractivity contribution in [3.8, 4) is 0 Å². The number of rotatable bonds is 11. The molecule has 2 atom stereocenters. The molecule has 0 N–H and O–H groups in total. The van der Waals surface area contributed by atoms with Gasteiger partial charge < -0.3 is 19.3 Å². The molecule has 0 spiro atoms. The zero-order chi connectivity index (χ0) is 21.9. The van der Waals surface area contributed by atoms with E-state index in [1.54, 1.807) is 9.80 Å². The summed E-state index contributed by atoms with van der Waals surface area (Å²) in [5, 5.41) is 0. The molecule has 0 saturated carbocycles. The molecule has 170 valence electrons. The lowest BCUT2D eigenvalue weighted by Crippen LogP contribution is -2.41. The van der Waals surface area contributed by atoms with Crippen LogP contribution in [0.5, 0.6) is 0 Å². The molecule has 8 nitrogen and oxygen atoms in total. The quantitative estimate of drug-likeness (QED) is 0.374. The van der Waals surface area contributed by atoms with Crippen LogP contribution >= 0.6 is 0 Å². The Bertz CT molecular complexity index is 556. The smallest absolute Gasteiger partial charge is 0.328 e. The van der Waals surface area contributed by atoms with Crippen molar-refractivity contribution in [1.29, 1.82) is 0 Å². The third kappa shape index (κ3) is 6.71. The molecule has 0 aromatic heterocycles. The van der Waals surface area contributed by atoms with Gasteiger partial charge in [-0.2, -0.15) is 0 Å². The lowest BCUT2D eigenvalue weighted by atomic mass is 10.1. The van der Waals surface area contributed by atoms with E-state index in [1.807, 2.05) is 13.8 Å². The third-order valence-corrected chi connectivity index (χ3v) is 5.62. The average Bonchev–Trinajstić information content (AvgIpc) is 3.42. The molecule has 2 fully saturated rings. The first kappa shape index (κ1) is 24.2. The summed E-state index contributed by atoms with van der Waals surface area (Å²) in [6, 6.07) is -0.935. The van der Waals surface area contributed by atoms with Gasteiger partial charge in [0.2, 0.25) is 11.8 Å². The van der Waals surface area contributed by atoms with E-state index in [4.69, 9.17) is 9.47 Å². The van der Waals surface area contributed by atoms with E-state index in [0.717, 1.165) is 25.7 Å². The molecule has 0 aliphatic carbocycles. The highest BCUT2D eigenvalue weighted by molar-refractivity contribution is 5.86. The Morgan fingerprint density at radius 3 is 1.50 bits per heavy atom. The molecule has 2 rings (SSSR count). The maximum absolute atomic E-state index is 12.5. The summed E-state index contributed by atoms with van der Waals surface area (Å²) in [6.45, 7) is 5.79. The fourth-order valence-corrected chi connectivity index (χ4v) is 4.06. The van der Waals surface area contributed by atoms with Gasteiger partial charge in [0.1, 0.15) is 12.1 Å². The number of hydrogen-bond acceptors (Lipinski definition) is 6. The third-order valence-electron chi connectivity index (χ3n) is 5.62. The maximum atomic E-state index is 12.5. The molecule has 30 heavy (non-hydrogen) atoms. The molecule has 0 radical (unpaired) electrons. The SMILES string of the molecule is CCCOC(=O)C1CCCN1C(=O)CCCCC(=O)N1CCCC1C(=O)OCCC. The fraction of sp³-hybridized carbons (Fsp3) is 0.818. The van der Waals surface area contributed by atoms with Gasteiger partial charge in [-0.05, 0) is 51.4 Å². The number of likely N-dealkylation sites (tertiary alicyclic amines) is 2. The number of carbonyl (C=O) groups excluding carboxylic acids is 4. The van der Waals surface area contributed by atoms with E-state index in [0.29, 0.717) is 64.8 Å². The maximum Gasteiger partial charge on any atom is 0.328 e. The van der Waals surface area contributed by atoms with Crippen LogP contribution in [-0.4, -0.2) is 71.9 Å². The average molecular weight is 425 g/mol. The summed E-state index contributed by atoms with van der Waals surface area (Å²) in [5.74, 6) is -0.734. The zero-order valence-electron chi connectivity index (χ0n) is 18.4. The molecular formula is C22H36N2O6. The fourth-order valence-electron chi connectivity index (χ4n) is 4.06. The number of nitrogens with zero attached hydrogens (tertiary/aromatic N) is 2. The lowest BCUT2D eigenvalue weighted by molar-refractivity contribution is -0.153. The highest BCUT2D eigenvalue weighted by Gasteiger charge is 2.36. The van der Waals surface area contributed by atoms with Gasteiger partial charge in [-0.15, -0.1) is 0 Å². The van der Waals surface area contributed by atoms with Crippen molar-refractivity contribution in [2.24, 2.45) is 0 Å². The van der Waals surface area contributed by atoms with Crippen molar-refractivity contribution in [3.05, 3.63) is 0 Å². The van der Waals surface area contributed by atoms with Gasteiger partial charge in [0.05, 0.1) is 13.2 Å². The number of amides is 2. The largest absolute Gasteiger partial charge is 0.464 e. The van der Waals surface area contributed by atoms with E-state index >= 15 is 0 Å². The monoisotopic (exact) mass is 424 g/mol. The van der Waals surface area contributed by atoms with Crippen molar-refractivity contribution < 1.29 is 28.7 Å². The van der Waals surface area contributed by atoms with Crippen molar-refractivity contribution >= 4 is 23.8 Å². The highest BCUT2D eigenvalue weighted by Crippen LogP contribution is 2.22. The number of carbonyl (C=O) groups is 4. The van der Waals surface area contributed by atoms with Crippen molar-refractivity contribution in [2.75, 3.05) is 26.3 Å². The Morgan fingerprint density at radius 1 is 0.733 bits per heavy atom. The summed E-state index contributed by atoms with van der Waals surface area (Å²) in [7, 11) is 0. The Hall–Kier alpha value is -2.12. The van der Waals surface area contributed by atoms with Gasteiger partial charge in [-0.3, -0.25) is 9.59 Å². The standard InChI is InChI=1S/C22H36N2O6/c1-3-15-29-21(27)17-9-7-13-23(17)19(25)11-5-6-12-20(26)24-14-8-10-18(24)22(28)30-16-4-2/h17-18H,3-16H2,1-2H3. The van der Waals surface area contributed by atoms with E-state index in [-0.39, 0.29) is 23.8 Å². The summed E-state index contributed by atoms with van der Waals surface area (Å²) in [4.78, 5) is 52.6. The van der Waals surface area contributed by atoms with Crippen molar-refractivity contribution in [2.45, 2.75) is 90.1 Å². The van der Waals surface area contributed by atoms with Crippen LogP contribution < -0.4 is 0 Å². The first-order valence-electron chi connectivity index (χ1n) is 11.4. The number of unbranched alkanes of at least 4 members (excludes halogenated alkanes) is 1. The molecule has 2 aliphatic rings. The second-order valence-electron chi connectivity index (χ2n) is 8.03. The second-order valence-corrected chi connectivity index (χ2v) is 8.03. The number of hydrogen-bond donors (Lipinski definition) is 0. The van der Waals surface area contributed by atoms with Crippen molar-refractivity contribution in [3.63, 3.8) is 0 Å². The second kappa shape index (κ2) is 12.5. The van der Waals surface area contributed by atoms with E-state index in [1.165, 1.54) is 0 Å². The van der Waals surface area contributed by atoms with Gasteiger partial charge in [-0.25, -0.2) is 9.59 Å². The van der Waals surface area contributed by atoms with E-state index in [2.05, 4.69) is 0 Å². The van der Waals surface area contributed by atoms with Crippen LogP contribution in [0.3, 0.4) is 0 Å². The molecule has 0 bridgehead atoms. The molecular weight excluding hydrogens is 388 g/mol. The van der Waals surface area contributed by atoms with Gasteiger partial charge in [-0.1, -0.05) is 13.8 Å². The highest BCUT2D eigenvalue weighted by atomic mass is 16.5. The first-order valence-corrected chi connectivity index (χ1v) is 11.4. The molecule has 2 aliphatic heterocycles. The van der Waals surface area contributed by atoms with Crippen molar-refractivity contribution in [1.82, 2.24) is 9.80 Å². The minimum absolute atomic E-state index is 0.0550. The number of esters is 2. The molecule has 0 aromatic rings. The van der Waals surface area contributed by atoms with Gasteiger partial charge in [0.25, 0.3) is 0 Å². The summed E-state index contributed by atoms with van der Waals surface area (Å²) in [6.07, 6.45) is 6.21.